The minimum atomic E-state index is 0.190. The second-order valence-electron chi connectivity index (χ2n) is 7.33. The van der Waals surface area contributed by atoms with Gasteiger partial charge >= 0.3 is 0 Å². The van der Waals surface area contributed by atoms with Gasteiger partial charge in [0.05, 0.1) is 6.54 Å². The monoisotopic (exact) mass is 295 g/mol. The quantitative estimate of drug-likeness (QED) is 0.756. The third kappa shape index (κ3) is 4.68. The fourth-order valence-corrected chi connectivity index (χ4v) is 3.65. The van der Waals surface area contributed by atoms with E-state index in [-0.39, 0.29) is 11.9 Å². The molecule has 21 heavy (non-hydrogen) atoms. The van der Waals surface area contributed by atoms with Gasteiger partial charge < -0.3 is 10.6 Å². The smallest absolute Gasteiger partial charge is 0.234 e. The number of amides is 1. The molecule has 2 aliphatic heterocycles. The molecule has 0 saturated carbocycles. The Labute approximate surface area is 130 Å². The molecule has 0 radical (unpaired) electrons. The van der Waals surface area contributed by atoms with Crippen LogP contribution < -0.4 is 10.6 Å². The highest BCUT2D eigenvalue weighted by Crippen LogP contribution is 2.29. The minimum Gasteiger partial charge on any atom is -0.352 e. The summed E-state index contributed by atoms with van der Waals surface area (Å²) >= 11 is 0. The van der Waals surface area contributed by atoms with Crippen LogP contribution in [0.5, 0.6) is 0 Å². The molecule has 2 rings (SSSR count). The second kappa shape index (κ2) is 7.59. The molecule has 3 unspecified atom stereocenters. The zero-order chi connectivity index (χ0) is 15.4. The van der Waals surface area contributed by atoms with Crippen molar-refractivity contribution in [3.8, 4) is 0 Å². The van der Waals surface area contributed by atoms with E-state index >= 15 is 0 Å². The third-order valence-electron chi connectivity index (χ3n) is 5.21. The van der Waals surface area contributed by atoms with Crippen molar-refractivity contribution in [1.29, 1.82) is 0 Å². The van der Waals surface area contributed by atoms with Crippen LogP contribution >= 0.6 is 0 Å². The molecule has 0 aliphatic carbocycles. The van der Waals surface area contributed by atoms with Crippen molar-refractivity contribution in [2.75, 3.05) is 13.1 Å². The summed E-state index contributed by atoms with van der Waals surface area (Å²) in [7, 11) is 0. The molecule has 0 spiro atoms. The molecule has 0 aromatic heterocycles. The number of hydrogen-bond acceptors (Lipinski definition) is 3. The molecule has 3 atom stereocenters. The first kappa shape index (κ1) is 16.8. The number of carbonyl (C=O) groups excluding carboxylic acids is 1. The van der Waals surface area contributed by atoms with Gasteiger partial charge in [-0.15, -0.1) is 0 Å². The van der Waals surface area contributed by atoms with E-state index in [1.54, 1.807) is 0 Å². The van der Waals surface area contributed by atoms with Gasteiger partial charge in [-0.3, -0.25) is 9.69 Å². The summed E-state index contributed by atoms with van der Waals surface area (Å²) in [6, 6.07) is 2.21. The molecule has 2 heterocycles. The lowest BCUT2D eigenvalue weighted by molar-refractivity contribution is -0.124. The van der Waals surface area contributed by atoms with Gasteiger partial charge in [0.25, 0.3) is 0 Å². The van der Waals surface area contributed by atoms with Gasteiger partial charge in [-0.1, -0.05) is 20.8 Å². The lowest BCUT2D eigenvalue weighted by Gasteiger charge is -2.37. The van der Waals surface area contributed by atoms with Crippen molar-refractivity contribution in [1.82, 2.24) is 15.5 Å². The number of hydrogen-bond donors (Lipinski definition) is 2. The van der Waals surface area contributed by atoms with Crippen molar-refractivity contribution >= 4 is 5.91 Å². The van der Waals surface area contributed by atoms with Crippen LogP contribution in [0.15, 0.2) is 0 Å². The first-order valence-electron chi connectivity index (χ1n) is 8.79. The average molecular weight is 295 g/mol. The Morgan fingerprint density at radius 3 is 2.38 bits per heavy atom. The van der Waals surface area contributed by atoms with Crippen LogP contribution in [0.4, 0.5) is 0 Å². The zero-order valence-electron chi connectivity index (χ0n) is 14.2. The molecule has 2 bridgehead atoms. The highest BCUT2D eigenvalue weighted by atomic mass is 16.2. The Hall–Kier alpha value is -0.610. The van der Waals surface area contributed by atoms with E-state index in [0.29, 0.717) is 30.6 Å². The molecule has 2 saturated heterocycles. The summed E-state index contributed by atoms with van der Waals surface area (Å²) in [5, 5.41) is 6.84. The summed E-state index contributed by atoms with van der Waals surface area (Å²) in [5.74, 6) is 0.679. The van der Waals surface area contributed by atoms with Crippen LogP contribution in [-0.2, 0) is 4.79 Å². The summed E-state index contributed by atoms with van der Waals surface area (Å²) in [6.07, 6.45) is 6.18. The predicted octanol–water partition coefficient (Wildman–Crippen LogP) is 2.14. The number of rotatable bonds is 7. The molecule has 0 aromatic rings. The van der Waals surface area contributed by atoms with Gasteiger partial charge in [-0.05, 0) is 51.5 Å². The Bertz CT molecular complexity index is 333. The van der Waals surface area contributed by atoms with Crippen molar-refractivity contribution in [3.63, 3.8) is 0 Å². The van der Waals surface area contributed by atoms with Gasteiger partial charge in [0, 0.05) is 24.2 Å². The SMILES string of the molecule is CCCN(CC(=O)NC(C)C(C)C)C1CC2CCC(C1)N2. The molecule has 2 aliphatic rings. The number of fused-ring (bicyclic) bond motifs is 2. The first-order chi connectivity index (χ1) is 9.99. The van der Waals surface area contributed by atoms with Crippen LogP contribution in [0.1, 0.15) is 59.8 Å². The normalized spacial score (nSPS) is 29.9. The van der Waals surface area contributed by atoms with Gasteiger partial charge in [-0.25, -0.2) is 0 Å². The second-order valence-corrected chi connectivity index (χ2v) is 7.33. The highest BCUT2D eigenvalue weighted by Gasteiger charge is 2.36. The van der Waals surface area contributed by atoms with E-state index in [1.807, 2.05) is 0 Å². The summed E-state index contributed by atoms with van der Waals surface area (Å²) < 4.78 is 0. The number of piperidine rings is 1. The number of carbonyl (C=O) groups is 1. The van der Waals surface area contributed by atoms with Crippen molar-refractivity contribution < 1.29 is 4.79 Å². The summed E-state index contributed by atoms with van der Waals surface area (Å²) in [5.41, 5.74) is 0. The highest BCUT2D eigenvalue weighted by molar-refractivity contribution is 5.78. The van der Waals surface area contributed by atoms with E-state index in [0.717, 1.165) is 13.0 Å². The minimum absolute atomic E-state index is 0.190. The molecule has 122 valence electrons. The third-order valence-corrected chi connectivity index (χ3v) is 5.21. The van der Waals surface area contributed by atoms with E-state index in [1.165, 1.54) is 25.7 Å². The molecule has 2 N–H and O–H groups in total. The van der Waals surface area contributed by atoms with Crippen LogP contribution in [-0.4, -0.2) is 48.1 Å². The van der Waals surface area contributed by atoms with Gasteiger partial charge in [0.15, 0.2) is 0 Å². The van der Waals surface area contributed by atoms with E-state index in [2.05, 4.69) is 43.2 Å². The fourth-order valence-electron chi connectivity index (χ4n) is 3.65. The van der Waals surface area contributed by atoms with Gasteiger partial charge in [0.2, 0.25) is 5.91 Å². The number of nitrogens with zero attached hydrogens (tertiary/aromatic N) is 1. The first-order valence-corrected chi connectivity index (χ1v) is 8.79. The maximum atomic E-state index is 12.3. The molecule has 2 fully saturated rings. The standard InChI is InChI=1S/C17H33N3O/c1-5-8-20(11-17(21)18-13(4)12(2)3)16-9-14-6-7-15(10-16)19-14/h12-16,19H,5-11H2,1-4H3,(H,18,21). The predicted molar refractivity (Wildman–Crippen MR) is 87.3 cm³/mol. The van der Waals surface area contributed by atoms with Crippen LogP contribution in [0.3, 0.4) is 0 Å². The van der Waals surface area contributed by atoms with Gasteiger partial charge in [-0.2, -0.15) is 0 Å². The average Bonchev–Trinajstić information content (AvgIpc) is 2.76. The zero-order valence-corrected chi connectivity index (χ0v) is 14.2. The van der Waals surface area contributed by atoms with Crippen molar-refractivity contribution in [3.05, 3.63) is 0 Å². The Kier molecular flexibility index (Phi) is 6.06. The van der Waals surface area contributed by atoms with E-state index < -0.39 is 0 Å². The lowest BCUT2D eigenvalue weighted by atomic mass is 9.98. The molecule has 0 aromatic carbocycles. The lowest BCUT2D eigenvalue weighted by Crippen LogP contribution is -2.52. The molecular weight excluding hydrogens is 262 g/mol. The topological polar surface area (TPSA) is 44.4 Å². The maximum absolute atomic E-state index is 12.3. The largest absolute Gasteiger partial charge is 0.352 e. The molecule has 1 amide bonds. The van der Waals surface area contributed by atoms with E-state index in [4.69, 9.17) is 0 Å². The van der Waals surface area contributed by atoms with Crippen molar-refractivity contribution in [2.24, 2.45) is 5.92 Å². The maximum Gasteiger partial charge on any atom is 0.234 e. The summed E-state index contributed by atoms with van der Waals surface area (Å²) in [4.78, 5) is 14.7. The fraction of sp³-hybridized carbons (Fsp3) is 0.941. The van der Waals surface area contributed by atoms with Crippen LogP contribution in [0.2, 0.25) is 0 Å². The molecule has 4 heteroatoms. The van der Waals surface area contributed by atoms with E-state index in [9.17, 15) is 4.79 Å². The van der Waals surface area contributed by atoms with Crippen molar-refractivity contribution in [2.45, 2.75) is 84.0 Å². The number of nitrogens with one attached hydrogen (secondary N) is 2. The Morgan fingerprint density at radius 1 is 1.24 bits per heavy atom. The van der Waals surface area contributed by atoms with Crippen LogP contribution in [0, 0.1) is 5.92 Å². The Morgan fingerprint density at radius 2 is 1.86 bits per heavy atom. The van der Waals surface area contributed by atoms with Crippen LogP contribution in [0.25, 0.3) is 0 Å². The summed E-state index contributed by atoms with van der Waals surface area (Å²) in [6.45, 7) is 10.2. The molecule has 4 nitrogen and oxygen atoms in total. The van der Waals surface area contributed by atoms with Gasteiger partial charge in [0.1, 0.15) is 0 Å². The molecular formula is C17H33N3O. The Balaban J connectivity index is 1.88.